The van der Waals surface area contributed by atoms with Crippen molar-refractivity contribution in [1.29, 1.82) is 0 Å². The Bertz CT molecular complexity index is 332. The number of nitrogens with one attached hydrogen (secondary N) is 1. The number of hydrogen-bond acceptors (Lipinski definition) is 3. The lowest BCUT2D eigenvalue weighted by Gasteiger charge is -2.24. The second kappa shape index (κ2) is 7.03. The Balaban J connectivity index is 1.70. The molecule has 108 valence electrons. The van der Waals surface area contributed by atoms with Crippen LogP contribution in [0.2, 0.25) is 0 Å². The minimum Gasteiger partial charge on any atom is -0.480 e. The van der Waals surface area contributed by atoms with Gasteiger partial charge in [-0.1, -0.05) is 32.1 Å². The van der Waals surface area contributed by atoms with Gasteiger partial charge in [0.1, 0.15) is 6.04 Å². The fourth-order valence-electron chi connectivity index (χ4n) is 2.81. The third kappa shape index (κ3) is 4.03. The third-order valence-corrected chi connectivity index (χ3v) is 4.99. The van der Waals surface area contributed by atoms with Crippen molar-refractivity contribution in [2.24, 2.45) is 5.92 Å². The van der Waals surface area contributed by atoms with E-state index >= 15 is 0 Å². The van der Waals surface area contributed by atoms with Crippen LogP contribution in [-0.2, 0) is 4.79 Å². The Kier molecular flexibility index (Phi) is 5.36. The van der Waals surface area contributed by atoms with E-state index in [2.05, 4.69) is 5.32 Å². The Morgan fingerprint density at radius 2 is 2.00 bits per heavy atom. The highest BCUT2D eigenvalue weighted by Crippen LogP contribution is 2.26. The first kappa shape index (κ1) is 14.5. The summed E-state index contributed by atoms with van der Waals surface area (Å²) in [5.74, 6) is 0.794. The molecule has 0 aromatic heterocycles. The van der Waals surface area contributed by atoms with Gasteiger partial charge in [0.2, 0.25) is 0 Å². The van der Waals surface area contributed by atoms with Crippen LogP contribution < -0.4 is 5.32 Å². The van der Waals surface area contributed by atoms with Gasteiger partial charge in [-0.3, -0.25) is 0 Å². The number of hydrogen-bond donors (Lipinski definition) is 2. The van der Waals surface area contributed by atoms with Crippen LogP contribution in [-0.4, -0.2) is 46.2 Å². The van der Waals surface area contributed by atoms with Crippen molar-refractivity contribution in [1.82, 2.24) is 10.2 Å². The van der Waals surface area contributed by atoms with Crippen molar-refractivity contribution in [2.75, 3.05) is 18.2 Å². The van der Waals surface area contributed by atoms with E-state index in [0.717, 1.165) is 12.3 Å². The molecule has 19 heavy (non-hydrogen) atoms. The quantitative estimate of drug-likeness (QED) is 0.830. The highest BCUT2D eigenvalue weighted by Gasteiger charge is 2.34. The number of amides is 2. The third-order valence-electron chi connectivity index (χ3n) is 3.98. The number of rotatable bonds is 4. The highest BCUT2D eigenvalue weighted by atomic mass is 32.2. The maximum absolute atomic E-state index is 11.9. The van der Waals surface area contributed by atoms with Gasteiger partial charge in [0.15, 0.2) is 0 Å². The molecule has 1 aliphatic carbocycles. The molecule has 2 fully saturated rings. The van der Waals surface area contributed by atoms with Gasteiger partial charge >= 0.3 is 12.0 Å². The minimum absolute atomic E-state index is 0.229. The van der Waals surface area contributed by atoms with E-state index in [-0.39, 0.29) is 6.03 Å². The fraction of sp³-hybridized carbons (Fsp3) is 0.846. The average Bonchev–Trinajstić information content (AvgIpc) is 2.89. The molecule has 1 saturated carbocycles. The molecule has 1 heterocycles. The fourth-order valence-corrected chi connectivity index (χ4v) is 3.95. The van der Waals surface area contributed by atoms with Crippen LogP contribution >= 0.6 is 11.8 Å². The molecule has 2 amide bonds. The molecule has 2 N–H and O–H groups in total. The van der Waals surface area contributed by atoms with E-state index in [4.69, 9.17) is 5.11 Å². The van der Waals surface area contributed by atoms with E-state index in [1.165, 1.54) is 48.8 Å². The predicted molar refractivity (Wildman–Crippen MR) is 75.2 cm³/mol. The molecule has 5 nitrogen and oxygen atoms in total. The SMILES string of the molecule is O=C(O)C1CSCN1C(=O)NCCC1CCCCC1. The number of aliphatic carboxylic acids is 1. The maximum Gasteiger partial charge on any atom is 0.327 e. The highest BCUT2D eigenvalue weighted by molar-refractivity contribution is 7.99. The zero-order valence-corrected chi connectivity index (χ0v) is 12.0. The standard InChI is InChI=1S/C13H22N2O3S/c16-12(17)11-8-19-9-15(11)13(18)14-7-6-10-4-2-1-3-5-10/h10-11H,1-9H2,(H,14,18)(H,16,17). The van der Waals surface area contributed by atoms with Crippen LogP contribution in [0.3, 0.4) is 0 Å². The molecular formula is C13H22N2O3S. The van der Waals surface area contributed by atoms with E-state index in [1.54, 1.807) is 0 Å². The number of nitrogens with zero attached hydrogens (tertiary/aromatic N) is 1. The lowest BCUT2D eigenvalue weighted by Crippen LogP contribution is -2.47. The minimum atomic E-state index is -0.910. The Morgan fingerprint density at radius 1 is 1.26 bits per heavy atom. The normalized spacial score (nSPS) is 24.4. The smallest absolute Gasteiger partial charge is 0.327 e. The largest absolute Gasteiger partial charge is 0.480 e. The summed E-state index contributed by atoms with van der Waals surface area (Å²) in [7, 11) is 0. The summed E-state index contributed by atoms with van der Waals surface area (Å²) in [6.07, 6.45) is 7.52. The zero-order valence-electron chi connectivity index (χ0n) is 11.1. The molecule has 1 aliphatic heterocycles. The predicted octanol–water partition coefficient (Wildman–Crippen LogP) is 2.13. The molecular weight excluding hydrogens is 264 g/mol. The van der Waals surface area contributed by atoms with Crippen LogP contribution in [0.4, 0.5) is 4.79 Å². The molecule has 0 spiro atoms. The molecule has 0 aromatic carbocycles. The summed E-state index contributed by atoms with van der Waals surface area (Å²) in [5.41, 5.74) is 0. The first-order valence-corrected chi connectivity index (χ1v) is 8.19. The van der Waals surface area contributed by atoms with Gasteiger partial charge in [0.25, 0.3) is 0 Å². The second-order valence-corrected chi connectivity index (χ2v) is 6.35. The first-order chi connectivity index (χ1) is 9.18. The summed E-state index contributed by atoms with van der Waals surface area (Å²) in [6.45, 7) is 0.664. The lowest BCUT2D eigenvalue weighted by atomic mass is 9.87. The zero-order chi connectivity index (χ0) is 13.7. The van der Waals surface area contributed by atoms with Crippen LogP contribution in [0.25, 0.3) is 0 Å². The second-order valence-electron chi connectivity index (χ2n) is 5.35. The molecule has 2 aliphatic rings. The Labute approximate surface area is 118 Å². The number of urea groups is 1. The van der Waals surface area contributed by atoms with Crippen molar-refractivity contribution in [3.05, 3.63) is 0 Å². The van der Waals surface area contributed by atoms with Crippen molar-refractivity contribution in [2.45, 2.75) is 44.6 Å². The van der Waals surface area contributed by atoms with Gasteiger partial charge in [0.05, 0.1) is 5.88 Å². The van der Waals surface area contributed by atoms with E-state index in [0.29, 0.717) is 18.2 Å². The summed E-state index contributed by atoms with van der Waals surface area (Å²) < 4.78 is 0. The molecule has 1 unspecified atom stereocenters. The Morgan fingerprint density at radius 3 is 2.68 bits per heavy atom. The van der Waals surface area contributed by atoms with Gasteiger partial charge < -0.3 is 15.3 Å². The lowest BCUT2D eigenvalue weighted by molar-refractivity contribution is -0.140. The monoisotopic (exact) mass is 286 g/mol. The van der Waals surface area contributed by atoms with Gasteiger partial charge in [0, 0.05) is 12.3 Å². The van der Waals surface area contributed by atoms with E-state index in [1.807, 2.05) is 0 Å². The Hall–Kier alpha value is -0.910. The number of carboxylic acid groups (broad SMARTS) is 1. The van der Waals surface area contributed by atoms with Gasteiger partial charge in [-0.2, -0.15) is 0 Å². The van der Waals surface area contributed by atoms with Crippen molar-refractivity contribution in [3.8, 4) is 0 Å². The molecule has 1 atom stereocenters. The first-order valence-electron chi connectivity index (χ1n) is 7.03. The summed E-state index contributed by atoms with van der Waals surface area (Å²) in [4.78, 5) is 24.4. The van der Waals surface area contributed by atoms with E-state index in [9.17, 15) is 9.59 Å². The summed E-state index contributed by atoms with van der Waals surface area (Å²) in [5, 5.41) is 11.9. The van der Waals surface area contributed by atoms with Gasteiger partial charge in [-0.15, -0.1) is 11.8 Å². The number of carbonyl (C=O) groups excluding carboxylic acids is 1. The molecule has 0 radical (unpaired) electrons. The van der Waals surface area contributed by atoms with Crippen LogP contribution in [0.15, 0.2) is 0 Å². The molecule has 0 bridgehead atoms. The van der Waals surface area contributed by atoms with Gasteiger partial charge in [-0.25, -0.2) is 9.59 Å². The topological polar surface area (TPSA) is 69.6 Å². The van der Waals surface area contributed by atoms with Crippen LogP contribution in [0.1, 0.15) is 38.5 Å². The van der Waals surface area contributed by atoms with Crippen LogP contribution in [0.5, 0.6) is 0 Å². The maximum atomic E-state index is 11.9. The van der Waals surface area contributed by atoms with Crippen molar-refractivity contribution >= 4 is 23.8 Å². The van der Waals surface area contributed by atoms with Crippen molar-refractivity contribution in [3.63, 3.8) is 0 Å². The average molecular weight is 286 g/mol. The number of carboxylic acids is 1. The molecule has 1 saturated heterocycles. The van der Waals surface area contributed by atoms with Crippen molar-refractivity contribution < 1.29 is 14.7 Å². The van der Waals surface area contributed by atoms with E-state index < -0.39 is 12.0 Å². The number of thioether (sulfide) groups is 1. The number of carbonyl (C=O) groups is 2. The summed E-state index contributed by atoms with van der Waals surface area (Å²) >= 11 is 1.49. The van der Waals surface area contributed by atoms with Gasteiger partial charge in [-0.05, 0) is 12.3 Å². The molecule has 6 heteroatoms. The van der Waals surface area contributed by atoms with Crippen LogP contribution in [0, 0.1) is 5.92 Å². The molecule has 2 rings (SSSR count). The summed E-state index contributed by atoms with van der Waals surface area (Å²) in [6, 6.07) is -0.895. The molecule has 0 aromatic rings.